The topological polar surface area (TPSA) is 101 Å². The number of nitrogens with zero attached hydrogens (tertiary/aromatic N) is 4. The first kappa shape index (κ1) is 12.4. The molecule has 0 amide bonds. The summed E-state index contributed by atoms with van der Waals surface area (Å²) in [6, 6.07) is 12.4. The number of benzene rings is 2. The summed E-state index contributed by atoms with van der Waals surface area (Å²) >= 11 is 0. The van der Waals surface area contributed by atoms with Crippen LogP contribution >= 0.6 is 0 Å². The lowest BCUT2D eigenvalue weighted by molar-refractivity contribution is -0.385. The summed E-state index contributed by atoms with van der Waals surface area (Å²) in [5.41, 5.74) is 8.61. The van der Waals surface area contributed by atoms with Crippen molar-refractivity contribution in [2.45, 2.75) is 0 Å². The second kappa shape index (κ2) is 5.52. The van der Waals surface area contributed by atoms with E-state index in [0.29, 0.717) is 11.4 Å². The van der Waals surface area contributed by atoms with E-state index in [1.165, 1.54) is 12.1 Å². The first-order valence-electron chi connectivity index (χ1n) is 5.27. The minimum absolute atomic E-state index is 0.110. The van der Waals surface area contributed by atoms with E-state index in [-0.39, 0.29) is 11.4 Å². The molecule has 94 valence electrons. The van der Waals surface area contributed by atoms with Crippen LogP contribution in [0.25, 0.3) is 10.4 Å². The van der Waals surface area contributed by atoms with Gasteiger partial charge in [-0.25, -0.2) is 0 Å². The number of para-hydroxylation sites is 2. The lowest BCUT2D eigenvalue weighted by Crippen LogP contribution is -1.92. The Morgan fingerprint density at radius 3 is 2.47 bits per heavy atom. The molecule has 2 rings (SSSR count). The Bertz CT molecular complexity index is 648. The van der Waals surface area contributed by atoms with Crippen LogP contribution in [-0.4, -0.2) is 4.92 Å². The molecule has 0 atom stereocenters. The van der Waals surface area contributed by atoms with Crippen molar-refractivity contribution in [3.05, 3.63) is 69.1 Å². The molecule has 0 heterocycles. The van der Waals surface area contributed by atoms with Crippen LogP contribution in [0.1, 0.15) is 0 Å². The van der Waals surface area contributed by atoms with Gasteiger partial charge in [0.1, 0.15) is 5.75 Å². The van der Waals surface area contributed by atoms with Crippen molar-refractivity contribution in [3.8, 4) is 11.5 Å². The van der Waals surface area contributed by atoms with Gasteiger partial charge in [0.25, 0.3) is 0 Å². The van der Waals surface area contributed by atoms with Gasteiger partial charge in [-0.1, -0.05) is 17.2 Å². The van der Waals surface area contributed by atoms with Gasteiger partial charge in [-0.15, -0.1) is 0 Å². The van der Waals surface area contributed by atoms with Gasteiger partial charge in [-0.3, -0.25) is 10.1 Å². The summed E-state index contributed by atoms with van der Waals surface area (Å²) in [6.45, 7) is 0. The van der Waals surface area contributed by atoms with Gasteiger partial charge in [0.05, 0.1) is 4.92 Å². The van der Waals surface area contributed by atoms with Gasteiger partial charge in [0.2, 0.25) is 5.75 Å². The zero-order valence-corrected chi connectivity index (χ0v) is 9.63. The van der Waals surface area contributed by atoms with Crippen molar-refractivity contribution in [1.29, 1.82) is 0 Å². The largest absolute Gasteiger partial charge is 0.450 e. The van der Waals surface area contributed by atoms with Crippen molar-refractivity contribution in [2.24, 2.45) is 5.11 Å². The van der Waals surface area contributed by atoms with Crippen molar-refractivity contribution >= 4 is 11.4 Å². The van der Waals surface area contributed by atoms with Gasteiger partial charge in [-0.2, -0.15) is 0 Å². The third kappa shape index (κ3) is 2.99. The highest BCUT2D eigenvalue weighted by Crippen LogP contribution is 2.31. The maximum absolute atomic E-state index is 10.8. The summed E-state index contributed by atoms with van der Waals surface area (Å²) in [6.07, 6.45) is 0. The smallest absolute Gasteiger partial charge is 0.311 e. The molecule has 0 saturated heterocycles. The second-order valence-electron chi connectivity index (χ2n) is 3.51. The van der Waals surface area contributed by atoms with Gasteiger partial charge in [0.15, 0.2) is 0 Å². The molecule has 7 nitrogen and oxygen atoms in total. The predicted molar refractivity (Wildman–Crippen MR) is 68.4 cm³/mol. The normalized spacial score (nSPS) is 9.47. The van der Waals surface area contributed by atoms with Crippen LogP contribution in [0.5, 0.6) is 11.5 Å². The number of hydrogen-bond donors (Lipinski definition) is 0. The zero-order chi connectivity index (χ0) is 13.7. The lowest BCUT2D eigenvalue weighted by Gasteiger charge is -2.05. The Hall–Kier alpha value is -3.05. The molecule has 2 aromatic carbocycles. The molecular weight excluding hydrogens is 248 g/mol. The molecule has 0 aliphatic heterocycles. The van der Waals surface area contributed by atoms with Crippen molar-refractivity contribution in [3.63, 3.8) is 0 Å². The van der Waals surface area contributed by atoms with Crippen molar-refractivity contribution in [2.75, 3.05) is 0 Å². The maximum atomic E-state index is 10.8. The van der Waals surface area contributed by atoms with Crippen LogP contribution in [-0.2, 0) is 0 Å². The minimum Gasteiger partial charge on any atom is -0.450 e. The predicted octanol–water partition coefficient (Wildman–Crippen LogP) is 4.33. The van der Waals surface area contributed by atoms with E-state index >= 15 is 0 Å². The molecule has 2 aromatic rings. The molecule has 19 heavy (non-hydrogen) atoms. The van der Waals surface area contributed by atoms with Crippen molar-refractivity contribution < 1.29 is 9.66 Å². The Morgan fingerprint density at radius 2 is 1.84 bits per heavy atom. The van der Waals surface area contributed by atoms with E-state index in [1.54, 1.807) is 36.4 Å². The van der Waals surface area contributed by atoms with Crippen LogP contribution in [0.4, 0.5) is 11.4 Å². The highest BCUT2D eigenvalue weighted by Gasteiger charge is 2.14. The van der Waals surface area contributed by atoms with Gasteiger partial charge in [-0.05, 0) is 35.9 Å². The average Bonchev–Trinajstić information content (AvgIpc) is 2.42. The molecule has 0 aliphatic carbocycles. The summed E-state index contributed by atoms with van der Waals surface area (Å²) in [5, 5.41) is 14.2. The van der Waals surface area contributed by atoms with Crippen LogP contribution < -0.4 is 4.74 Å². The third-order valence-electron chi connectivity index (χ3n) is 2.29. The number of ether oxygens (including phenoxy) is 1. The number of nitro benzene ring substituents is 1. The highest BCUT2D eigenvalue weighted by molar-refractivity contribution is 5.49. The summed E-state index contributed by atoms with van der Waals surface area (Å²) in [4.78, 5) is 13.0. The van der Waals surface area contributed by atoms with Crippen LogP contribution in [0.3, 0.4) is 0 Å². The van der Waals surface area contributed by atoms with Gasteiger partial charge >= 0.3 is 5.69 Å². The molecule has 0 bridgehead atoms. The fourth-order valence-electron chi connectivity index (χ4n) is 1.45. The molecule has 0 unspecified atom stereocenters. The monoisotopic (exact) mass is 256 g/mol. The maximum Gasteiger partial charge on any atom is 0.311 e. The Kier molecular flexibility index (Phi) is 3.61. The number of rotatable bonds is 4. The van der Waals surface area contributed by atoms with E-state index in [2.05, 4.69) is 10.0 Å². The molecule has 0 spiro atoms. The third-order valence-corrected chi connectivity index (χ3v) is 2.29. The van der Waals surface area contributed by atoms with Gasteiger partial charge in [0, 0.05) is 16.7 Å². The molecule has 0 radical (unpaired) electrons. The van der Waals surface area contributed by atoms with Crippen molar-refractivity contribution in [1.82, 2.24) is 0 Å². The Morgan fingerprint density at radius 1 is 1.16 bits per heavy atom. The quantitative estimate of drug-likeness (QED) is 0.267. The van der Waals surface area contributed by atoms with Crippen LogP contribution in [0.15, 0.2) is 53.6 Å². The lowest BCUT2D eigenvalue weighted by atomic mass is 10.3. The molecule has 0 aromatic heterocycles. The summed E-state index contributed by atoms with van der Waals surface area (Å²) in [5.74, 6) is 0.579. The molecule has 0 aliphatic rings. The molecule has 0 fully saturated rings. The molecule has 7 heteroatoms. The van der Waals surface area contributed by atoms with E-state index in [9.17, 15) is 10.1 Å². The van der Waals surface area contributed by atoms with E-state index < -0.39 is 4.92 Å². The molecule has 0 saturated carbocycles. The number of nitro groups is 1. The van der Waals surface area contributed by atoms with E-state index in [0.717, 1.165) is 0 Å². The fourth-order valence-corrected chi connectivity index (χ4v) is 1.45. The summed E-state index contributed by atoms with van der Waals surface area (Å²) < 4.78 is 5.43. The SMILES string of the molecule is [N-]=[N+]=Nc1ccc(Oc2ccccc2[N+](=O)[O-])cc1. The van der Waals surface area contributed by atoms with E-state index in [4.69, 9.17) is 10.3 Å². The molecule has 0 N–H and O–H groups in total. The highest BCUT2D eigenvalue weighted by atomic mass is 16.6. The number of hydrogen-bond acceptors (Lipinski definition) is 4. The molecular formula is C12H8N4O3. The second-order valence-corrected chi connectivity index (χ2v) is 3.51. The van der Waals surface area contributed by atoms with E-state index in [1.807, 2.05) is 0 Å². The summed E-state index contributed by atoms with van der Waals surface area (Å²) in [7, 11) is 0. The standard InChI is InChI=1S/C12H8N4O3/c13-15-14-9-5-7-10(8-6-9)19-12-4-2-1-3-11(12)16(17)18/h1-8H. The van der Waals surface area contributed by atoms with Crippen LogP contribution in [0, 0.1) is 10.1 Å². The minimum atomic E-state index is -0.510. The first-order valence-corrected chi connectivity index (χ1v) is 5.27. The zero-order valence-electron chi connectivity index (χ0n) is 9.63. The Balaban J connectivity index is 2.26. The average molecular weight is 256 g/mol. The Labute approximate surface area is 107 Å². The van der Waals surface area contributed by atoms with Crippen LogP contribution in [0.2, 0.25) is 0 Å². The first-order chi connectivity index (χ1) is 9.20. The number of azide groups is 1. The van der Waals surface area contributed by atoms with Gasteiger partial charge < -0.3 is 4.74 Å². The fraction of sp³-hybridized carbons (Fsp3) is 0.